The van der Waals surface area contributed by atoms with Gasteiger partial charge in [0.15, 0.2) is 0 Å². The number of likely N-dealkylation sites (N-methyl/N-ethyl adjacent to an activating group) is 1. The van der Waals surface area contributed by atoms with Crippen LogP contribution in [0.1, 0.15) is 46.0 Å². The molecule has 118 valence electrons. The summed E-state index contributed by atoms with van der Waals surface area (Å²) in [6.07, 6.45) is 5.60. The van der Waals surface area contributed by atoms with E-state index in [1.54, 1.807) is 0 Å². The zero-order valence-electron chi connectivity index (χ0n) is 13.4. The average Bonchev–Trinajstić information content (AvgIpc) is 3.06. The van der Waals surface area contributed by atoms with Gasteiger partial charge >= 0.3 is 0 Å². The second-order valence-corrected chi connectivity index (χ2v) is 6.65. The molecule has 1 heterocycles. The molecule has 0 spiro atoms. The summed E-state index contributed by atoms with van der Waals surface area (Å²) in [5, 5.41) is 10.5. The van der Waals surface area contributed by atoms with Crippen LogP contribution in [0.3, 0.4) is 0 Å². The molecule has 4 heteroatoms. The Balaban J connectivity index is 1.76. The van der Waals surface area contributed by atoms with Crippen molar-refractivity contribution in [3.05, 3.63) is 0 Å². The van der Waals surface area contributed by atoms with Crippen LogP contribution in [0.25, 0.3) is 0 Å². The summed E-state index contributed by atoms with van der Waals surface area (Å²) in [6, 6.07) is 0.738. The monoisotopic (exact) mass is 283 g/mol. The Bertz CT molecular complexity index is 295. The first-order valence-electron chi connectivity index (χ1n) is 8.51. The van der Waals surface area contributed by atoms with Gasteiger partial charge in [-0.15, -0.1) is 0 Å². The molecule has 1 aliphatic heterocycles. The highest BCUT2D eigenvalue weighted by atomic mass is 16.3. The predicted molar refractivity (Wildman–Crippen MR) is 83.7 cm³/mol. The Morgan fingerprint density at radius 2 is 2.05 bits per heavy atom. The van der Waals surface area contributed by atoms with Crippen LogP contribution in [0.4, 0.5) is 0 Å². The van der Waals surface area contributed by atoms with Crippen molar-refractivity contribution in [1.29, 1.82) is 0 Å². The summed E-state index contributed by atoms with van der Waals surface area (Å²) < 4.78 is 0. The fourth-order valence-electron chi connectivity index (χ4n) is 4.20. The second-order valence-electron chi connectivity index (χ2n) is 6.65. The topological polar surface area (TPSA) is 52.7 Å². The Morgan fingerprint density at radius 1 is 1.30 bits per heavy atom. The van der Waals surface area contributed by atoms with Crippen LogP contribution in [0.2, 0.25) is 0 Å². The number of likely N-dealkylation sites (tertiary alicyclic amines) is 1. The Hall–Kier alpha value is -0.160. The quantitative estimate of drug-likeness (QED) is 0.739. The first kappa shape index (κ1) is 16.2. The maximum atomic E-state index is 10.5. The van der Waals surface area contributed by atoms with Crippen molar-refractivity contribution in [2.45, 2.75) is 57.6 Å². The predicted octanol–water partition coefficient (Wildman–Crippen LogP) is 1.28. The first-order chi connectivity index (χ1) is 9.62. The molecule has 0 bridgehead atoms. The largest absolute Gasteiger partial charge is 0.388 e. The molecule has 20 heavy (non-hydrogen) atoms. The summed E-state index contributed by atoms with van der Waals surface area (Å²) in [6.45, 7) is 10.8. The van der Waals surface area contributed by atoms with Crippen LogP contribution >= 0.6 is 0 Å². The SMILES string of the molecule is CCN(CC)C1CCN(CCC2CCCC2(O)CN)C1. The molecule has 3 N–H and O–H groups in total. The average molecular weight is 283 g/mol. The van der Waals surface area contributed by atoms with Crippen molar-refractivity contribution >= 4 is 0 Å². The fraction of sp³-hybridized carbons (Fsp3) is 1.00. The van der Waals surface area contributed by atoms with E-state index < -0.39 is 5.60 Å². The molecule has 1 saturated heterocycles. The highest BCUT2D eigenvalue weighted by molar-refractivity contribution is 4.94. The minimum absolute atomic E-state index is 0.417. The third-order valence-electron chi connectivity index (χ3n) is 5.65. The molecule has 2 rings (SSSR count). The van der Waals surface area contributed by atoms with E-state index >= 15 is 0 Å². The van der Waals surface area contributed by atoms with Crippen LogP contribution < -0.4 is 5.73 Å². The minimum Gasteiger partial charge on any atom is -0.388 e. The minimum atomic E-state index is -0.571. The lowest BCUT2D eigenvalue weighted by Gasteiger charge is -2.30. The number of hydrogen-bond acceptors (Lipinski definition) is 4. The first-order valence-corrected chi connectivity index (χ1v) is 8.51. The Labute approximate surface area is 124 Å². The maximum absolute atomic E-state index is 10.5. The van der Waals surface area contributed by atoms with Crippen molar-refractivity contribution in [2.24, 2.45) is 11.7 Å². The van der Waals surface area contributed by atoms with Crippen LogP contribution in [-0.2, 0) is 0 Å². The van der Waals surface area contributed by atoms with E-state index in [9.17, 15) is 5.11 Å². The van der Waals surface area contributed by atoms with Crippen molar-refractivity contribution in [3.8, 4) is 0 Å². The zero-order chi connectivity index (χ0) is 14.6. The number of aliphatic hydroxyl groups is 1. The summed E-state index contributed by atoms with van der Waals surface area (Å²) in [5.41, 5.74) is 5.20. The summed E-state index contributed by atoms with van der Waals surface area (Å²) >= 11 is 0. The Morgan fingerprint density at radius 3 is 2.70 bits per heavy atom. The smallest absolute Gasteiger partial charge is 0.0797 e. The van der Waals surface area contributed by atoms with Gasteiger partial charge in [-0.25, -0.2) is 0 Å². The van der Waals surface area contributed by atoms with Crippen LogP contribution in [0, 0.1) is 5.92 Å². The molecule has 0 amide bonds. The molecule has 3 unspecified atom stereocenters. The summed E-state index contributed by atoms with van der Waals surface area (Å²) in [5.74, 6) is 0.417. The van der Waals surface area contributed by atoms with Crippen LogP contribution in [-0.4, -0.2) is 65.8 Å². The van der Waals surface area contributed by atoms with Gasteiger partial charge in [0.2, 0.25) is 0 Å². The molecule has 3 atom stereocenters. The highest BCUT2D eigenvalue weighted by Crippen LogP contribution is 2.37. The van der Waals surface area contributed by atoms with Gasteiger partial charge < -0.3 is 15.7 Å². The van der Waals surface area contributed by atoms with Gasteiger partial charge in [-0.3, -0.25) is 4.90 Å². The van der Waals surface area contributed by atoms with Crippen molar-refractivity contribution < 1.29 is 5.11 Å². The van der Waals surface area contributed by atoms with E-state index in [2.05, 4.69) is 23.6 Å². The van der Waals surface area contributed by atoms with Crippen molar-refractivity contribution in [3.63, 3.8) is 0 Å². The van der Waals surface area contributed by atoms with E-state index in [0.717, 1.165) is 51.4 Å². The molecule has 0 aromatic carbocycles. The molecule has 4 nitrogen and oxygen atoms in total. The van der Waals surface area contributed by atoms with Gasteiger partial charge in [0.05, 0.1) is 5.60 Å². The van der Waals surface area contributed by atoms with Crippen molar-refractivity contribution in [2.75, 3.05) is 39.3 Å². The van der Waals surface area contributed by atoms with E-state index in [0.29, 0.717) is 12.5 Å². The second kappa shape index (κ2) is 7.21. The molecule has 2 aliphatic rings. The molecule has 0 aromatic rings. The number of nitrogens with two attached hydrogens (primary N) is 1. The van der Waals surface area contributed by atoms with Gasteiger partial charge in [-0.05, 0) is 57.8 Å². The molecule has 1 saturated carbocycles. The van der Waals surface area contributed by atoms with Crippen molar-refractivity contribution in [1.82, 2.24) is 9.80 Å². The lowest BCUT2D eigenvalue weighted by molar-refractivity contribution is 0.00509. The maximum Gasteiger partial charge on any atom is 0.0797 e. The summed E-state index contributed by atoms with van der Waals surface area (Å²) in [7, 11) is 0. The normalized spacial score (nSPS) is 35.2. The number of nitrogens with zero attached hydrogens (tertiary/aromatic N) is 2. The molecular formula is C16H33N3O. The number of hydrogen-bond donors (Lipinski definition) is 2. The Kier molecular flexibility index (Phi) is 5.84. The van der Waals surface area contributed by atoms with Gasteiger partial charge in [0, 0.05) is 19.1 Å². The molecule has 1 aliphatic carbocycles. The highest BCUT2D eigenvalue weighted by Gasteiger charge is 2.39. The fourth-order valence-corrected chi connectivity index (χ4v) is 4.20. The van der Waals surface area contributed by atoms with Crippen LogP contribution in [0.15, 0.2) is 0 Å². The molecule has 0 aromatic heterocycles. The molecular weight excluding hydrogens is 250 g/mol. The number of rotatable bonds is 7. The van der Waals surface area contributed by atoms with Crippen LogP contribution in [0.5, 0.6) is 0 Å². The summed E-state index contributed by atoms with van der Waals surface area (Å²) in [4.78, 5) is 5.16. The zero-order valence-corrected chi connectivity index (χ0v) is 13.4. The van der Waals surface area contributed by atoms with E-state index in [4.69, 9.17) is 5.73 Å². The van der Waals surface area contributed by atoms with Gasteiger partial charge in [-0.2, -0.15) is 0 Å². The van der Waals surface area contributed by atoms with Gasteiger partial charge in [-0.1, -0.05) is 20.3 Å². The standard InChI is InChI=1S/C16H33N3O/c1-3-19(4-2)15-8-11-18(12-15)10-7-14-6-5-9-16(14,20)13-17/h14-15,20H,3-13,17H2,1-2H3. The molecule has 0 radical (unpaired) electrons. The lowest BCUT2D eigenvalue weighted by atomic mass is 9.88. The van der Waals surface area contributed by atoms with E-state index in [1.807, 2.05) is 0 Å². The third kappa shape index (κ3) is 3.53. The third-order valence-corrected chi connectivity index (χ3v) is 5.65. The lowest BCUT2D eigenvalue weighted by Crippen LogP contribution is -2.42. The van der Waals surface area contributed by atoms with Gasteiger partial charge in [0.25, 0.3) is 0 Å². The van der Waals surface area contributed by atoms with Gasteiger partial charge in [0.1, 0.15) is 0 Å². The molecule has 2 fully saturated rings. The van der Waals surface area contributed by atoms with E-state index in [-0.39, 0.29) is 0 Å². The van der Waals surface area contributed by atoms with E-state index in [1.165, 1.54) is 19.5 Å².